The molecule has 3 aromatic carbocycles. The Balaban J connectivity index is 1.39. The Labute approximate surface area is 195 Å². The second-order valence-electron chi connectivity index (χ2n) is 7.49. The summed E-state index contributed by atoms with van der Waals surface area (Å²) in [7, 11) is 0. The topological polar surface area (TPSA) is 69.4 Å². The SMILES string of the molecule is O=C1O[C@@H](c2ccccc2)Cc2cc(-c3nn4c(-c5ccccc5Br)nnc4s3)ccc21. The number of halogens is 1. The smallest absolute Gasteiger partial charge is 0.339 e. The summed E-state index contributed by atoms with van der Waals surface area (Å²) in [5, 5.41) is 14.2. The molecule has 0 amide bonds. The van der Waals surface area contributed by atoms with Gasteiger partial charge in [-0.1, -0.05) is 75.8 Å². The van der Waals surface area contributed by atoms with Crippen LogP contribution in [0.5, 0.6) is 0 Å². The van der Waals surface area contributed by atoms with Crippen LogP contribution in [0.15, 0.2) is 77.3 Å². The lowest BCUT2D eigenvalue weighted by molar-refractivity contribution is 0.0253. The van der Waals surface area contributed by atoms with Crippen LogP contribution in [0.2, 0.25) is 0 Å². The minimum Gasteiger partial charge on any atom is -0.454 e. The molecule has 0 unspecified atom stereocenters. The molecule has 32 heavy (non-hydrogen) atoms. The quantitative estimate of drug-likeness (QED) is 0.294. The second kappa shape index (κ2) is 7.65. The van der Waals surface area contributed by atoms with Crippen LogP contribution in [0.3, 0.4) is 0 Å². The first kappa shape index (κ1) is 19.3. The summed E-state index contributed by atoms with van der Waals surface area (Å²) in [6, 6.07) is 23.5. The maximum absolute atomic E-state index is 12.6. The molecule has 1 aliphatic heterocycles. The van der Waals surface area contributed by atoms with E-state index in [0.29, 0.717) is 22.8 Å². The predicted octanol–water partition coefficient (Wildman–Crippen LogP) is 5.74. The third kappa shape index (κ3) is 3.23. The Bertz CT molecular complexity index is 1480. The lowest BCUT2D eigenvalue weighted by Gasteiger charge is -2.25. The summed E-state index contributed by atoms with van der Waals surface area (Å²) in [6.07, 6.45) is 0.344. The van der Waals surface area contributed by atoms with Crippen LogP contribution in [0.1, 0.15) is 27.6 Å². The molecule has 0 bridgehead atoms. The molecule has 0 saturated heterocycles. The standard InChI is InChI=1S/C24H15BrN4O2S/c25-19-9-5-4-8-18(19)21-26-27-24-29(21)28-22(32-24)15-10-11-17-16(12-15)13-20(31-23(17)30)14-6-2-1-3-7-14/h1-12,20H,13H2/t20-/m1/s1. The number of esters is 1. The lowest BCUT2D eigenvalue weighted by atomic mass is 9.93. The van der Waals surface area contributed by atoms with Crippen molar-refractivity contribution in [3.8, 4) is 22.0 Å². The van der Waals surface area contributed by atoms with Crippen molar-refractivity contribution in [3.63, 3.8) is 0 Å². The maximum Gasteiger partial charge on any atom is 0.339 e. The van der Waals surface area contributed by atoms with E-state index in [1.165, 1.54) is 11.3 Å². The number of fused-ring (bicyclic) bond motifs is 2. The van der Waals surface area contributed by atoms with Gasteiger partial charge in [-0.25, -0.2) is 4.79 Å². The van der Waals surface area contributed by atoms with Crippen molar-refractivity contribution in [2.75, 3.05) is 0 Å². The molecule has 1 aliphatic rings. The summed E-state index contributed by atoms with van der Waals surface area (Å²) in [6.45, 7) is 0. The second-order valence-corrected chi connectivity index (χ2v) is 9.30. The van der Waals surface area contributed by atoms with Gasteiger partial charge in [0.15, 0.2) is 5.82 Å². The van der Waals surface area contributed by atoms with Gasteiger partial charge in [0, 0.05) is 22.0 Å². The number of hydrogen-bond acceptors (Lipinski definition) is 6. The number of ether oxygens (including phenoxy) is 1. The van der Waals surface area contributed by atoms with E-state index in [4.69, 9.17) is 9.84 Å². The highest BCUT2D eigenvalue weighted by Crippen LogP contribution is 2.35. The van der Waals surface area contributed by atoms with Gasteiger partial charge in [-0.2, -0.15) is 9.61 Å². The fourth-order valence-corrected chi connectivity index (χ4v) is 5.22. The van der Waals surface area contributed by atoms with Crippen LogP contribution in [0, 0.1) is 0 Å². The highest BCUT2D eigenvalue weighted by Gasteiger charge is 2.28. The number of aromatic nitrogens is 4. The Hall–Kier alpha value is -3.36. The fourth-order valence-electron chi connectivity index (χ4n) is 3.93. The average Bonchev–Trinajstić information content (AvgIpc) is 3.41. The van der Waals surface area contributed by atoms with Gasteiger partial charge >= 0.3 is 5.97 Å². The molecule has 0 spiro atoms. The van der Waals surface area contributed by atoms with E-state index in [-0.39, 0.29) is 12.1 Å². The van der Waals surface area contributed by atoms with Crippen LogP contribution in [-0.4, -0.2) is 25.8 Å². The number of rotatable bonds is 3. The van der Waals surface area contributed by atoms with Gasteiger partial charge in [-0.05, 0) is 35.4 Å². The third-order valence-corrected chi connectivity index (χ3v) is 7.14. The zero-order valence-electron chi connectivity index (χ0n) is 16.6. The van der Waals surface area contributed by atoms with Crippen molar-refractivity contribution in [1.29, 1.82) is 0 Å². The molecule has 1 atom stereocenters. The molecular formula is C24H15BrN4O2S. The van der Waals surface area contributed by atoms with Crippen molar-refractivity contribution in [2.24, 2.45) is 0 Å². The normalized spacial score (nSPS) is 15.5. The molecular weight excluding hydrogens is 488 g/mol. The first-order valence-electron chi connectivity index (χ1n) is 10.0. The number of carbonyl (C=O) groups is 1. The van der Waals surface area contributed by atoms with Crippen LogP contribution in [0.4, 0.5) is 0 Å². The lowest BCUT2D eigenvalue weighted by Crippen LogP contribution is -2.21. The van der Waals surface area contributed by atoms with Gasteiger partial charge < -0.3 is 4.74 Å². The van der Waals surface area contributed by atoms with E-state index < -0.39 is 0 Å². The zero-order chi connectivity index (χ0) is 21.7. The average molecular weight is 503 g/mol. The summed E-state index contributed by atoms with van der Waals surface area (Å²) in [4.78, 5) is 13.3. The van der Waals surface area contributed by atoms with Crippen molar-refractivity contribution < 1.29 is 9.53 Å². The van der Waals surface area contributed by atoms with Crippen molar-refractivity contribution in [3.05, 3.63) is 94.0 Å². The molecule has 8 heteroatoms. The molecule has 156 valence electrons. The van der Waals surface area contributed by atoms with Crippen molar-refractivity contribution in [2.45, 2.75) is 12.5 Å². The first-order chi connectivity index (χ1) is 15.7. The Morgan fingerprint density at radius 1 is 0.969 bits per heavy atom. The highest BCUT2D eigenvalue weighted by atomic mass is 79.9. The summed E-state index contributed by atoms with van der Waals surface area (Å²) >= 11 is 5.04. The number of cyclic esters (lactones) is 1. The summed E-state index contributed by atoms with van der Waals surface area (Å²) in [5.41, 5.74) is 4.44. The van der Waals surface area contributed by atoms with Crippen LogP contribution in [-0.2, 0) is 11.2 Å². The van der Waals surface area contributed by atoms with E-state index in [2.05, 4.69) is 26.1 Å². The molecule has 5 aromatic rings. The predicted molar refractivity (Wildman–Crippen MR) is 126 cm³/mol. The van der Waals surface area contributed by atoms with Crippen LogP contribution < -0.4 is 0 Å². The van der Waals surface area contributed by atoms with E-state index >= 15 is 0 Å². The van der Waals surface area contributed by atoms with Gasteiger partial charge in [-0.3, -0.25) is 0 Å². The van der Waals surface area contributed by atoms with Gasteiger partial charge in [0.05, 0.1) is 5.56 Å². The Morgan fingerprint density at radius 2 is 1.78 bits per heavy atom. The van der Waals surface area contributed by atoms with E-state index in [9.17, 15) is 4.79 Å². The van der Waals surface area contributed by atoms with Crippen molar-refractivity contribution >= 4 is 38.2 Å². The monoisotopic (exact) mass is 502 g/mol. The molecule has 0 saturated carbocycles. The number of benzene rings is 3. The molecule has 3 heterocycles. The van der Waals surface area contributed by atoms with E-state index in [1.807, 2.05) is 72.8 Å². The molecule has 0 aliphatic carbocycles. The molecule has 0 radical (unpaired) electrons. The Kier molecular flexibility index (Phi) is 4.62. The maximum atomic E-state index is 12.6. The molecule has 6 nitrogen and oxygen atoms in total. The summed E-state index contributed by atoms with van der Waals surface area (Å²) < 4.78 is 8.38. The minimum absolute atomic E-state index is 0.286. The molecule has 0 N–H and O–H groups in total. The zero-order valence-corrected chi connectivity index (χ0v) is 19.0. The van der Waals surface area contributed by atoms with Gasteiger partial charge in [0.25, 0.3) is 0 Å². The van der Waals surface area contributed by atoms with Crippen molar-refractivity contribution in [1.82, 2.24) is 19.8 Å². The summed E-state index contributed by atoms with van der Waals surface area (Å²) in [5.74, 6) is 0.390. The van der Waals surface area contributed by atoms with E-state index in [1.54, 1.807) is 4.52 Å². The third-order valence-electron chi connectivity index (χ3n) is 5.50. The highest BCUT2D eigenvalue weighted by molar-refractivity contribution is 9.10. The minimum atomic E-state index is -0.291. The Morgan fingerprint density at radius 3 is 2.62 bits per heavy atom. The van der Waals surface area contributed by atoms with Gasteiger partial charge in [0.2, 0.25) is 4.96 Å². The van der Waals surface area contributed by atoms with Gasteiger partial charge in [0.1, 0.15) is 11.1 Å². The largest absolute Gasteiger partial charge is 0.454 e. The first-order valence-corrected chi connectivity index (χ1v) is 11.6. The molecule has 2 aromatic heterocycles. The number of carbonyl (C=O) groups excluding carboxylic acids is 1. The van der Waals surface area contributed by atoms with Crippen LogP contribution >= 0.6 is 27.3 Å². The van der Waals surface area contributed by atoms with E-state index in [0.717, 1.165) is 31.7 Å². The van der Waals surface area contributed by atoms with Crippen LogP contribution in [0.25, 0.3) is 26.9 Å². The molecule has 0 fully saturated rings. The fraction of sp³-hybridized carbons (Fsp3) is 0.0833. The number of hydrogen-bond donors (Lipinski definition) is 0. The molecule has 6 rings (SSSR count). The number of nitrogens with zero attached hydrogens (tertiary/aromatic N) is 4. The van der Waals surface area contributed by atoms with Gasteiger partial charge in [-0.15, -0.1) is 10.2 Å².